The number of unbranched alkanes of at least 4 members (excludes halogenated alkanes) is 3. The van der Waals surface area contributed by atoms with Crippen molar-refractivity contribution in [1.29, 1.82) is 0 Å². The molecule has 0 amide bonds. The second-order valence-electron chi connectivity index (χ2n) is 16.1. The zero-order chi connectivity index (χ0) is 31.7. The lowest BCUT2D eigenvalue weighted by atomic mass is 9.71. The van der Waals surface area contributed by atoms with Gasteiger partial charge in [0, 0.05) is 18.8 Å². The van der Waals surface area contributed by atoms with Crippen LogP contribution in [0.1, 0.15) is 126 Å². The van der Waals surface area contributed by atoms with E-state index in [0.717, 1.165) is 44.9 Å². The third-order valence-electron chi connectivity index (χ3n) is 10.7. The van der Waals surface area contributed by atoms with Gasteiger partial charge in [0.15, 0.2) is 16.6 Å². The van der Waals surface area contributed by atoms with Crippen LogP contribution < -0.4 is 0 Å². The maximum atomic E-state index is 12.9. The summed E-state index contributed by atoms with van der Waals surface area (Å²) in [4.78, 5) is 24.0. The van der Waals surface area contributed by atoms with Crippen molar-refractivity contribution in [2.24, 2.45) is 17.3 Å². The highest BCUT2D eigenvalue weighted by Gasteiger charge is 2.50. The summed E-state index contributed by atoms with van der Waals surface area (Å²) in [5.41, 5.74) is 0.144. The Morgan fingerprint density at radius 2 is 1.56 bits per heavy atom. The lowest BCUT2D eigenvalue weighted by Gasteiger charge is -2.44. The fourth-order valence-corrected chi connectivity index (χ4v) is 8.64. The van der Waals surface area contributed by atoms with Crippen molar-refractivity contribution in [3.63, 3.8) is 0 Å². The van der Waals surface area contributed by atoms with Gasteiger partial charge in [-0.1, -0.05) is 79.9 Å². The van der Waals surface area contributed by atoms with Gasteiger partial charge < -0.3 is 14.0 Å². The van der Waals surface area contributed by atoms with Crippen molar-refractivity contribution >= 4 is 22.6 Å². The van der Waals surface area contributed by atoms with E-state index < -0.39 is 16.6 Å². The van der Waals surface area contributed by atoms with E-state index in [9.17, 15) is 9.59 Å². The average Bonchev–Trinajstić information content (AvgIpc) is 3.11. The molecule has 0 spiro atoms. The van der Waals surface area contributed by atoms with E-state index in [2.05, 4.69) is 87.8 Å². The normalized spacial score (nSPS) is 23.7. The quantitative estimate of drug-likeness (QED) is 0.0686. The maximum absolute atomic E-state index is 12.9. The number of carbonyl (C=O) groups excluding carboxylic acids is 1. The minimum Gasteiger partial charge on any atom is -0.462 e. The van der Waals surface area contributed by atoms with Gasteiger partial charge >= 0.3 is 5.97 Å². The molecule has 1 unspecified atom stereocenters. The van der Waals surface area contributed by atoms with Gasteiger partial charge in [-0.05, 0) is 92.5 Å². The maximum Gasteiger partial charge on any atom is 0.306 e. The molecule has 0 aromatic heterocycles. The fraction of sp³-hybridized carbons (Fsp3) is 0.857. The van der Waals surface area contributed by atoms with Gasteiger partial charge in [-0.3, -0.25) is 4.79 Å². The molecule has 4 nitrogen and oxygen atoms in total. The van der Waals surface area contributed by atoms with Crippen molar-refractivity contribution in [3.8, 4) is 0 Å². The van der Waals surface area contributed by atoms with Crippen molar-refractivity contribution in [2.45, 2.75) is 174 Å². The van der Waals surface area contributed by atoms with Gasteiger partial charge in [0.05, 0.1) is 6.10 Å². The van der Waals surface area contributed by atoms with E-state index in [4.69, 9.17) is 9.16 Å². The Morgan fingerprint density at radius 1 is 0.927 bits per heavy atom. The number of rotatable bonds is 19. The van der Waals surface area contributed by atoms with E-state index in [-0.39, 0.29) is 39.6 Å². The van der Waals surface area contributed by atoms with Crippen LogP contribution in [0, 0.1) is 17.3 Å². The number of allylic oxidation sites excluding steroid dienone is 2. The van der Waals surface area contributed by atoms with E-state index in [0.29, 0.717) is 12.3 Å². The zero-order valence-electron chi connectivity index (χ0n) is 29.0. The van der Waals surface area contributed by atoms with Crippen LogP contribution in [-0.2, 0) is 14.0 Å². The third kappa shape index (κ3) is 11.7. The minimum absolute atomic E-state index is 0.0648. The molecule has 0 aromatic rings. The molecular weight excluding hydrogens is 541 g/mol. The van der Waals surface area contributed by atoms with E-state index in [1.54, 1.807) is 0 Å². The summed E-state index contributed by atoms with van der Waals surface area (Å²) in [5.74, 6) is 0.446. The summed E-state index contributed by atoms with van der Waals surface area (Å²) in [6, 6.07) is 0. The molecule has 1 N–H and O–H groups in total. The lowest BCUT2D eigenvalue weighted by Crippen LogP contribution is -2.45. The standard InChI is InChI=1S/C35H68O4Si2/c1-14-17-19-22-32(36)38-30-26-31(39-41(12,13)33(4,5)6)29(28(30)21-16-3)23-25-35(9,24-20-18-15-2)27-34(7,8)40(10,11)37/h14,16,28-31,37H,1,3,15,17-27H2,2,4-13H3/t28-,29-,30+,31-,35?/m1/s1. The highest BCUT2D eigenvalue weighted by molar-refractivity contribution is 6.74. The first-order chi connectivity index (χ1) is 18.7. The zero-order valence-corrected chi connectivity index (χ0v) is 31.0. The van der Waals surface area contributed by atoms with Crippen molar-refractivity contribution in [1.82, 2.24) is 0 Å². The second kappa shape index (κ2) is 15.9. The first-order valence-electron chi connectivity index (χ1n) is 16.5. The van der Waals surface area contributed by atoms with Crippen LogP contribution in [0.25, 0.3) is 0 Å². The number of esters is 1. The molecule has 1 saturated carbocycles. The molecule has 1 fully saturated rings. The fourth-order valence-electron chi connectivity index (χ4n) is 6.40. The summed E-state index contributed by atoms with van der Waals surface area (Å²) in [7, 11) is -4.36. The van der Waals surface area contributed by atoms with E-state index in [1.807, 2.05) is 12.2 Å². The Hall–Kier alpha value is -0.696. The number of hydrogen-bond acceptors (Lipinski definition) is 4. The third-order valence-corrected chi connectivity index (χ3v) is 18.7. The van der Waals surface area contributed by atoms with Gasteiger partial charge in [-0.2, -0.15) is 0 Å². The Bertz CT molecular complexity index is 823. The van der Waals surface area contributed by atoms with Crippen LogP contribution in [0.15, 0.2) is 25.3 Å². The van der Waals surface area contributed by atoms with Gasteiger partial charge in [0.25, 0.3) is 0 Å². The van der Waals surface area contributed by atoms with Gasteiger partial charge in [-0.15, -0.1) is 13.2 Å². The van der Waals surface area contributed by atoms with E-state index in [1.165, 1.54) is 25.7 Å². The molecule has 1 aliphatic carbocycles. The summed E-state index contributed by atoms with van der Waals surface area (Å²) < 4.78 is 13.4. The molecule has 41 heavy (non-hydrogen) atoms. The van der Waals surface area contributed by atoms with Gasteiger partial charge in [0.1, 0.15) is 6.10 Å². The van der Waals surface area contributed by atoms with Crippen LogP contribution in [-0.4, -0.2) is 39.6 Å². The topological polar surface area (TPSA) is 55.8 Å². The molecule has 1 rings (SSSR count). The molecule has 1 aliphatic rings. The van der Waals surface area contributed by atoms with E-state index >= 15 is 0 Å². The summed E-state index contributed by atoms with van der Waals surface area (Å²) in [6.07, 6.45) is 15.5. The average molecular weight is 609 g/mol. The Kier molecular flexibility index (Phi) is 14.8. The Morgan fingerprint density at radius 3 is 2.07 bits per heavy atom. The predicted molar refractivity (Wildman–Crippen MR) is 182 cm³/mol. The molecular formula is C35H68O4Si2. The number of ether oxygens (including phenoxy) is 1. The van der Waals surface area contributed by atoms with Crippen LogP contribution >= 0.6 is 0 Å². The number of carbonyl (C=O) groups is 1. The largest absolute Gasteiger partial charge is 0.462 e. The smallest absolute Gasteiger partial charge is 0.306 e. The SMILES string of the molecule is C=CCCCC(=O)O[C@H]1C[C@@H](O[Si](C)(C)C(C)(C)C)[C@H](CCC(C)(CCCCC)CC(C)(C)[Si](C)(C)O)[C@H]1CC=C. The molecule has 5 atom stereocenters. The highest BCUT2D eigenvalue weighted by Crippen LogP contribution is 2.52. The Balaban J connectivity index is 3.34. The van der Waals surface area contributed by atoms with Crippen LogP contribution in [0.5, 0.6) is 0 Å². The second-order valence-corrected chi connectivity index (χ2v) is 25.4. The van der Waals surface area contributed by atoms with Crippen LogP contribution in [0.2, 0.25) is 36.3 Å². The molecule has 0 radical (unpaired) electrons. The molecule has 0 bridgehead atoms. The van der Waals surface area contributed by atoms with Gasteiger partial charge in [0.2, 0.25) is 0 Å². The Labute approximate surface area is 257 Å². The van der Waals surface area contributed by atoms with Crippen molar-refractivity contribution in [2.75, 3.05) is 0 Å². The monoisotopic (exact) mass is 608 g/mol. The number of hydrogen-bond donors (Lipinski definition) is 1. The van der Waals surface area contributed by atoms with Crippen molar-refractivity contribution < 1.29 is 18.8 Å². The lowest BCUT2D eigenvalue weighted by molar-refractivity contribution is -0.151. The molecule has 6 heteroatoms. The van der Waals surface area contributed by atoms with Gasteiger partial charge in [-0.25, -0.2) is 0 Å². The first-order valence-corrected chi connectivity index (χ1v) is 22.4. The molecule has 0 aromatic carbocycles. The van der Waals surface area contributed by atoms with Crippen molar-refractivity contribution in [3.05, 3.63) is 25.3 Å². The molecule has 0 saturated heterocycles. The highest BCUT2D eigenvalue weighted by atomic mass is 28.4. The first kappa shape index (κ1) is 38.3. The molecule has 240 valence electrons. The predicted octanol–water partition coefficient (Wildman–Crippen LogP) is 10.6. The van der Waals surface area contributed by atoms with Crippen LogP contribution in [0.4, 0.5) is 0 Å². The molecule has 0 aliphatic heterocycles. The summed E-state index contributed by atoms with van der Waals surface area (Å²) >= 11 is 0. The summed E-state index contributed by atoms with van der Waals surface area (Å²) in [6.45, 7) is 32.9. The molecule has 0 heterocycles. The minimum atomic E-state index is -2.33. The van der Waals surface area contributed by atoms with Crippen LogP contribution in [0.3, 0.4) is 0 Å². The summed E-state index contributed by atoms with van der Waals surface area (Å²) in [5, 5.41) is 0.0473.